The Morgan fingerprint density at radius 2 is 2.05 bits per heavy atom. The van der Waals surface area contributed by atoms with Crippen molar-refractivity contribution in [1.29, 1.82) is 0 Å². The first-order valence-electron chi connectivity index (χ1n) is 7.04. The molecule has 2 aromatic rings. The summed E-state index contributed by atoms with van der Waals surface area (Å²) >= 11 is 0. The van der Waals surface area contributed by atoms with Crippen LogP contribution in [-0.2, 0) is 20.3 Å². The second-order valence-electron chi connectivity index (χ2n) is 5.28. The van der Waals surface area contributed by atoms with Crippen LogP contribution in [0.5, 0.6) is 0 Å². The van der Waals surface area contributed by atoms with Gasteiger partial charge < -0.3 is 4.74 Å². The number of ether oxygens (including phenoxy) is 1. The molecule has 1 aliphatic heterocycles. The maximum atomic E-state index is 12.2. The third kappa shape index (κ3) is 3.71. The zero-order valence-corrected chi connectivity index (χ0v) is 12.5. The molecule has 21 heavy (non-hydrogen) atoms. The summed E-state index contributed by atoms with van der Waals surface area (Å²) in [4.78, 5) is 0. The minimum absolute atomic E-state index is 0.0350. The van der Waals surface area contributed by atoms with Gasteiger partial charge in [0.15, 0.2) is 9.84 Å². The van der Waals surface area contributed by atoms with E-state index in [1.54, 1.807) is 16.9 Å². The highest BCUT2D eigenvalue weighted by molar-refractivity contribution is 7.90. The molecule has 0 saturated carbocycles. The lowest BCUT2D eigenvalue weighted by Crippen LogP contribution is -2.21. The fourth-order valence-corrected chi connectivity index (χ4v) is 4.06. The summed E-state index contributed by atoms with van der Waals surface area (Å²) in [5.41, 5.74) is 1.48. The molecule has 6 heteroatoms. The van der Waals surface area contributed by atoms with Crippen molar-refractivity contribution in [2.45, 2.75) is 24.7 Å². The van der Waals surface area contributed by atoms with E-state index in [4.69, 9.17) is 4.74 Å². The predicted molar refractivity (Wildman–Crippen MR) is 80.0 cm³/mol. The van der Waals surface area contributed by atoms with Gasteiger partial charge in [-0.25, -0.2) is 13.1 Å². The van der Waals surface area contributed by atoms with E-state index in [9.17, 15) is 8.42 Å². The Morgan fingerprint density at radius 1 is 1.24 bits per heavy atom. The molecule has 1 aliphatic rings. The van der Waals surface area contributed by atoms with Gasteiger partial charge in [0.2, 0.25) is 0 Å². The Bertz CT molecular complexity index is 689. The molecule has 1 aromatic heterocycles. The van der Waals surface area contributed by atoms with Crippen LogP contribution in [0.4, 0.5) is 0 Å². The summed E-state index contributed by atoms with van der Waals surface area (Å²) in [6.07, 6.45) is 3.42. The molecule has 0 N–H and O–H groups in total. The molecule has 0 radical (unpaired) electrons. The smallest absolute Gasteiger partial charge is 0.158 e. The number of hydrogen-bond donors (Lipinski definition) is 0. The van der Waals surface area contributed by atoms with E-state index in [-0.39, 0.29) is 17.6 Å². The Labute approximate surface area is 124 Å². The van der Waals surface area contributed by atoms with Gasteiger partial charge in [-0.3, -0.25) is 0 Å². The van der Waals surface area contributed by atoms with E-state index in [0.29, 0.717) is 12.3 Å². The number of aromatic nitrogens is 2. The van der Waals surface area contributed by atoms with E-state index < -0.39 is 9.84 Å². The second-order valence-corrected chi connectivity index (χ2v) is 7.39. The first-order valence-corrected chi connectivity index (χ1v) is 8.86. The van der Waals surface area contributed by atoms with Crippen molar-refractivity contribution >= 4 is 9.84 Å². The first kappa shape index (κ1) is 14.3. The molecule has 112 valence electrons. The summed E-state index contributed by atoms with van der Waals surface area (Å²) in [5, 5.41) is 4.34. The van der Waals surface area contributed by atoms with E-state index >= 15 is 0 Å². The van der Waals surface area contributed by atoms with Gasteiger partial charge in [-0.15, -0.1) is 0 Å². The number of hydrogen-bond acceptors (Lipinski definition) is 4. The minimum Gasteiger partial charge on any atom is -0.377 e. The highest BCUT2D eigenvalue weighted by Gasteiger charge is 2.24. The number of sulfone groups is 1. The zero-order valence-electron chi connectivity index (χ0n) is 11.7. The van der Waals surface area contributed by atoms with Crippen LogP contribution >= 0.6 is 0 Å². The molecule has 0 bridgehead atoms. The molecule has 1 aromatic carbocycles. The van der Waals surface area contributed by atoms with Crippen LogP contribution in [0.2, 0.25) is 0 Å². The van der Waals surface area contributed by atoms with Crippen molar-refractivity contribution in [3.05, 3.63) is 48.3 Å². The zero-order chi connectivity index (χ0) is 14.7. The van der Waals surface area contributed by atoms with Gasteiger partial charge >= 0.3 is 0 Å². The topological polar surface area (TPSA) is 61.2 Å². The highest BCUT2D eigenvalue weighted by Crippen LogP contribution is 2.16. The maximum Gasteiger partial charge on any atom is 0.158 e. The summed E-state index contributed by atoms with van der Waals surface area (Å²) < 4.78 is 31.4. The lowest BCUT2D eigenvalue weighted by Gasteiger charge is -2.09. The summed E-state index contributed by atoms with van der Waals surface area (Å²) in [7, 11) is -3.19. The Kier molecular flexibility index (Phi) is 4.07. The van der Waals surface area contributed by atoms with Crippen LogP contribution in [0.1, 0.15) is 18.5 Å². The van der Waals surface area contributed by atoms with Gasteiger partial charge in [-0.2, -0.15) is 5.10 Å². The molecule has 1 saturated heterocycles. The predicted octanol–water partition coefficient (Wildman–Crippen LogP) is 1.97. The number of rotatable bonds is 5. The molecule has 0 spiro atoms. The van der Waals surface area contributed by atoms with Gasteiger partial charge in [0.05, 0.1) is 29.0 Å². The minimum atomic E-state index is -3.19. The fraction of sp³-hybridized carbons (Fsp3) is 0.400. The molecular formula is C15H18N2O3S. The molecule has 0 aliphatic carbocycles. The number of para-hydroxylation sites is 1. The van der Waals surface area contributed by atoms with Crippen molar-refractivity contribution < 1.29 is 13.2 Å². The van der Waals surface area contributed by atoms with Crippen LogP contribution in [0.25, 0.3) is 5.69 Å². The summed E-state index contributed by atoms with van der Waals surface area (Å²) in [6.45, 7) is 0.669. The lowest BCUT2D eigenvalue weighted by molar-refractivity contribution is 0.127. The molecule has 0 unspecified atom stereocenters. The highest BCUT2D eigenvalue weighted by atomic mass is 32.2. The molecule has 3 rings (SSSR count). The molecule has 1 atom stereocenters. The quantitative estimate of drug-likeness (QED) is 0.847. The first-order chi connectivity index (χ1) is 10.1. The van der Waals surface area contributed by atoms with Crippen LogP contribution in [0.15, 0.2) is 42.6 Å². The maximum absolute atomic E-state index is 12.2. The Morgan fingerprint density at radius 3 is 2.76 bits per heavy atom. The second kappa shape index (κ2) is 5.99. The Hall–Kier alpha value is -1.66. The molecular weight excluding hydrogens is 288 g/mol. The van der Waals surface area contributed by atoms with Crippen LogP contribution in [-0.4, -0.2) is 36.7 Å². The van der Waals surface area contributed by atoms with Gasteiger partial charge in [-0.05, 0) is 31.0 Å². The summed E-state index contributed by atoms with van der Waals surface area (Å²) in [5.74, 6) is 0.0535. The molecule has 5 nitrogen and oxygen atoms in total. The normalized spacial score (nSPS) is 19.0. The van der Waals surface area contributed by atoms with E-state index in [0.717, 1.165) is 18.5 Å². The number of nitrogens with zero attached hydrogens (tertiary/aromatic N) is 2. The molecule has 1 fully saturated rings. The average Bonchev–Trinajstić information content (AvgIpc) is 3.10. The van der Waals surface area contributed by atoms with Crippen LogP contribution in [0, 0.1) is 0 Å². The fourth-order valence-electron chi connectivity index (χ4n) is 2.51. The monoisotopic (exact) mass is 306 g/mol. The van der Waals surface area contributed by atoms with Crippen LogP contribution in [0.3, 0.4) is 0 Å². The third-order valence-corrected chi connectivity index (χ3v) is 5.11. The number of benzene rings is 1. The molecule has 0 amide bonds. The largest absolute Gasteiger partial charge is 0.377 e. The van der Waals surface area contributed by atoms with Gasteiger partial charge in [0.25, 0.3) is 0 Å². The van der Waals surface area contributed by atoms with Crippen molar-refractivity contribution in [1.82, 2.24) is 9.78 Å². The third-order valence-electron chi connectivity index (χ3n) is 3.50. The van der Waals surface area contributed by atoms with Gasteiger partial charge in [0.1, 0.15) is 0 Å². The van der Waals surface area contributed by atoms with Crippen molar-refractivity contribution in [3.63, 3.8) is 0 Å². The lowest BCUT2D eigenvalue weighted by atomic mass is 10.3. The Balaban J connectivity index is 1.69. The van der Waals surface area contributed by atoms with E-state index in [1.165, 1.54) is 0 Å². The van der Waals surface area contributed by atoms with Crippen molar-refractivity contribution in [3.8, 4) is 5.69 Å². The van der Waals surface area contributed by atoms with Gasteiger partial charge in [0, 0.05) is 12.8 Å². The standard InChI is InChI=1S/C15H18N2O3S/c18-21(19,12-15-7-4-10-20-15)11-13-8-9-17(16-13)14-5-2-1-3-6-14/h1-3,5-6,8-9,15H,4,7,10-12H2/t15-/m0/s1. The average molecular weight is 306 g/mol. The van der Waals surface area contributed by atoms with Gasteiger partial charge in [-0.1, -0.05) is 18.2 Å². The van der Waals surface area contributed by atoms with E-state index in [2.05, 4.69) is 5.10 Å². The SMILES string of the molecule is O=S(=O)(Cc1ccn(-c2ccccc2)n1)C[C@@H]1CCCO1. The summed E-state index contributed by atoms with van der Waals surface area (Å²) in [6, 6.07) is 11.4. The van der Waals surface area contributed by atoms with Crippen molar-refractivity contribution in [2.75, 3.05) is 12.4 Å². The van der Waals surface area contributed by atoms with Crippen LogP contribution < -0.4 is 0 Å². The van der Waals surface area contributed by atoms with E-state index in [1.807, 2.05) is 30.3 Å². The molecule has 2 heterocycles. The van der Waals surface area contributed by atoms with Crippen molar-refractivity contribution in [2.24, 2.45) is 0 Å².